The van der Waals surface area contributed by atoms with Gasteiger partial charge in [0.25, 0.3) is 0 Å². The number of carbonyl (C=O) groups excluding carboxylic acids is 3. The highest BCUT2D eigenvalue weighted by Gasteiger charge is 2.68. The number of ether oxygens (including phenoxy) is 2. The molecule has 4 fully saturated rings. The summed E-state index contributed by atoms with van der Waals surface area (Å²) >= 11 is 0. The molecule has 1 aromatic carbocycles. The number of piperidine rings is 1. The van der Waals surface area contributed by atoms with Crippen LogP contribution in [0.15, 0.2) is 29.7 Å². The number of hydrogen-bond acceptors (Lipinski definition) is 9. The van der Waals surface area contributed by atoms with Crippen LogP contribution in [0.3, 0.4) is 0 Å². The van der Waals surface area contributed by atoms with E-state index in [4.69, 9.17) is 9.47 Å². The quantitative estimate of drug-likeness (QED) is 0.328. The minimum Gasteiger partial charge on any atom is -0.487 e. The number of halogens is 1. The Morgan fingerprint density at radius 2 is 1.81 bits per heavy atom. The normalized spacial score (nSPS) is 35.5. The van der Waals surface area contributed by atoms with Crippen molar-refractivity contribution in [1.29, 1.82) is 0 Å². The molecule has 3 N–H and O–H groups in total. The molecular weight excluding hydrogens is 685 g/mol. The number of aromatic nitrogens is 1. The standard InChI is InChI=1S/C40H50FN3O9/c1-7-38(5)17-28(39(6)20(2)8-12-40(22(4)34(38)47)13-9-27(45)33(39)40)53-37(51)42-35(48)23-10-14-43(15-11-23)30-26(41)16-24-29-32(30)52-19-21(3)44(29)18-25(31(24)46)36(49)50/h7,16,18,20-23,28,33-34,47H,1,8-15,17,19H2,2-6H3,(H,49,50)(H,42,48,51)/t20-,21+,22+,28-,33?,34+,38-,39+,40?/m1/s1. The van der Waals surface area contributed by atoms with Crippen molar-refractivity contribution in [3.05, 3.63) is 46.5 Å². The SMILES string of the molecule is C=C[C@]1(C)C[C@@H](OC(=O)NC(=O)C2CCN(c3c(F)cc4c(=O)c(C(=O)O)cn5c4c3OC[C@@H]5C)CC2)[C@@]2(C)C3C(=O)CCC3(CC[C@H]2C)[C@@H](C)[C@@H]1O. The first kappa shape index (κ1) is 37.1. The van der Waals surface area contributed by atoms with E-state index in [-0.39, 0.29) is 79.4 Å². The fourth-order valence-electron chi connectivity index (χ4n) is 10.9. The number of anilines is 1. The lowest BCUT2D eigenvalue weighted by atomic mass is 9.44. The number of nitrogens with zero attached hydrogens (tertiary/aromatic N) is 2. The van der Waals surface area contributed by atoms with Crippen molar-refractivity contribution >= 4 is 40.3 Å². The average Bonchev–Trinajstić information content (AvgIpc) is 3.48. The van der Waals surface area contributed by atoms with Crippen LogP contribution in [0.5, 0.6) is 5.75 Å². The molecule has 5 aliphatic rings. The van der Waals surface area contributed by atoms with Crippen molar-refractivity contribution in [1.82, 2.24) is 9.88 Å². The highest BCUT2D eigenvalue weighted by Crippen LogP contribution is 2.68. The molecule has 0 radical (unpaired) electrons. The maximum Gasteiger partial charge on any atom is 0.414 e. The van der Waals surface area contributed by atoms with E-state index in [1.54, 1.807) is 15.5 Å². The van der Waals surface area contributed by atoms with E-state index in [0.717, 1.165) is 18.9 Å². The van der Waals surface area contributed by atoms with Gasteiger partial charge in [0.2, 0.25) is 11.3 Å². The number of Topliss-reactive ketones (excluding diaryl/α,β-unsaturated/α-hetero) is 1. The molecule has 9 atom stereocenters. The van der Waals surface area contributed by atoms with Gasteiger partial charge in [-0.25, -0.2) is 14.0 Å². The number of aliphatic hydroxyl groups is 1. The van der Waals surface area contributed by atoms with Gasteiger partial charge in [-0.3, -0.25) is 19.7 Å². The maximum atomic E-state index is 15.8. The minimum absolute atomic E-state index is 0.0406. The Morgan fingerprint density at radius 1 is 1.11 bits per heavy atom. The molecule has 53 heavy (non-hydrogen) atoms. The van der Waals surface area contributed by atoms with Crippen LogP contribution < -0.4 is 20.4 Å². The zero-order valence-corrected chi connectivity index (χ0v) is 31.1. The molecule has 286 valence electrons. The van der Waals surface area contributed by atoms with Gasteiger partial charge >= 0.3 is 12.1 Å². The monoisotopic (exact) mass is 735 g/mol. The van der Waals surface area contributed by atoms with Crippen molar-refractivity contribution in [3.63, 3.8) is 0 Å². The minimum atomic E-state index is -1.40. The van der Waals surface area contributed by atoms with Gasteiger partial charge in [0, 0.05) is 48.4 Å². The van der Waals surface area contributed by atoms with Crippen LogP contribution in [-0.4, -0.2) is 70.4 Å². The van der Waals surface area contributed by atoms with Crippen LogP contribution in [-0.2, 0) is 14.3 Å². The van der Waals surface area contributed by atoms with E-state index >= 15 is 4.39 Å². The van der Waals surface area contributed by atoms with Gasteiger partial charge in [0.1, 0.15) is 29.7 Å². The molecule has 3 aliphatic carbocycles. The zero-order chi connectivity index (χ0) is 38.4. The molecule has 2 aliphatic heterocycles. The molecule has 1 aromatic heterocycles. The lowest BCUT2D eigenvalue weighted by Gasteiger charge is -2.61. The molecule has 3 saturated carbocycles. The van der Waals surface area contributed by atoms with Crippen LogP contribution in [0, 0.1) is 45.7 Å². The number of ketones is 1. The summed E-state index contributed by atoms with van der Waals surface area (Å²) in [5, 5.41) is 23.7. The maximum absolute atomic E-state index is 15.8. The summed E-state index contributed by atoms with van der Waals surface area (Å²) in [6.45, 7) is 14.6. The Bertz CT molecular complexity index is 1970. The highest BCUT2D eigenvalue weighted by molar-refractivity contribution is 5.97. The second-order valence-corrected chi connectivity index (χ2v) is 16.9. The first-order valence-corrected chi connectivity index (χ1v) is 18.9. The number of hydrogen-bond donors (Lipinski definition) is 3. The zero-order valence-electron chi connectivity index (χ0n) is 31.1. The number of amides is 2. The fraction of sp³-hybridized carbons (Fsp3) is 0.625. The van der Waals surface area contributed by atoms with Crippen molar-refractivity contribution in [3.8, 4) is 5.75 Å². The molecule has 7 rings (SSSR count). The number of imide groups is 1. The number of alkyl carbamates (subject to hydrolysis) is 1. The third kappa shape index (κ3) is 5.50. The number of benzene rings is 1. The summed E-state index contributed by atoms with van der Waals surface area (Å²) in [5.74, 6) is -3.45. The van der Waals surface area contributed by atoms with Crippen LogP contribution in [0.1, 0.15) is 96.0 Å². The van der Waals surface area contributed by atoms with E-state index in [1.807, 2.05) is 27.7 Å². The van der Waals surface area contributed by atoms with E-state index < -0.39 is 75.1 Å². The number of carboxylic acid groups (broad SMARTS) is 1. The van der Waals surface area contributed by atoms with E-state index in [9.17, 15) is 34.2 Å². The molecule has 2 unspecified atom stereocenters. The Kier molecular flexibility index (Phi) is 9.06. The largest absolute Gasteiger partial charge is 0.487 e. The number of rotatable bonds is 5. The van der Waals surface area contributed by atoms with Crippen molar-refractivity contribution in [2.75, 3.05) is 24.6 Å². The molecule has 2 aromatic rings. The summed E-state index contributed by atoms with van der Waals surface area (Å²) in [7, 11) is 0. The highest BCUT2D eigenvalue weighted by atomic mass is 19.1. The summed E-state index contributed by atoms with van der Waals surface area (Å²) in [5.41, 5.74) is -2.74. The Morgan fingerprint density at radius 3 is 2.47 bits per heavy atom. The predicted molar refractivity (Wildman–Crippen MR) is 193 cm³/mol. The molecule has 12 nitrogen and oxygen atoms in total. The van der Waals surface area contributed by atoms with Crippen LogP contribution in [0.4, 0.5) is 14.9 Å². The summed E-state index contributed by atoms with van der Waals surface area (Å²) in [4.78, 5) is 67.4. The number of aliphatic hydroxyl groups excluding tert-OH is 1. The van der Waals surface area contributed by atoms with Crippen molar-refractivity contribution < 1.29 is 43.3 Å². The van der Waals surface area contributed by atoms with E-state index in [0.29, 0.717) is 18.4 Å². The molecule has 3 heterocycles. The summed E-state index contributed by atoms with van der Waals surface area (Å²) in [6, 6.07) is 0.752. The number of carbonyl (C=O) groups is 4. The smallest absolute Gasteiger partial charge is 0.414 e. The van der Waals surface area contributed by atoms with Gasteiger partial charge in [-0.2, -0.15) is 0 Å². The van der Waals surface area contributed by atoms with Crippen molar-refractivity contribution in [2.45, 2.75) is 97.8 Å². The van der Waals surface area contributed by atoms with E-state index in [2.05, 4.69) is 18.8 Å². The lowest BCUT2D eigenvalue weighted by molar-refractivity contribution is -0.191. The number of pyridine rings is 1. The second-order valence-electron chi connectivity index (χ2n) is 16.9. The van der Waals surface area contributed by atoms with E-state index in [1.165, 1.54) is 6.20 Å². The second kappa shape index (κ2) is 13.0. The molecule has 13 heteroatoms. The van der Waals surface area contributed by atoms with Gasteiger partial charge in [-0.05, 0) is 68.8 Å². The number of aromatic carboxylic acids is 1. The van der Waals surface area contributed by atoms with Crippen LogP contribution in [0.25, 0.3) is 10.9 Å². The predicted octanol–water partition coefficient (Wildman–Crippen LogP) is 5.62. The number of carboxylic acids is 1. The lowest BCUT2D eigenvalue weighted by Crippen LogP contribution is -2.63. The number of nitrogens with one attached hydrogen (secondary N) is 1. The first-order chi connectivity index (χ1) is 25.0. The molecular formula is C40H50FN3O9. The fourth-order valence-corrected chi connectivity index (χ4v) is 10.9. The Hall–Kier alpha value is -4.26. The third-order valence-electron chi connectivity index (χ3n) is 14.3. The Balaban J connectivity index is 1.09. The average molecular weight is 736 g/mol. The summed E-state index contributed by atoms with van der Waals surface area (Å²) < 4.78 is 29.6. The van der Waals surface area contributed by atoms with Gasteiger partial charge in [-0.15, -0.1) is 6.58 Å². The molecule has 1 saturated heterocycles. The molecule has 2 amide bonds. The molecule has 0 spiro atoms. The van der Waals surface area contributed by atoms with Crippen LogP contribution >= 0.6 is 0 Å². The topological polar surface area (TPSA) is 164 Å². The van der Waals surface area contributed by atoms with Crippen LogP contribution in [0.2, 0.25) is 0 Å². The van der Waals surface area contributed by atoms with Gasteiger partial charge in [-0.1, -0.05) is 33.8 Å². The third-order valence-corrected chi connectivity index (χ3v) is 14.3. The molecule has 2 bridgehead atoms. The van der Waals surface area contributed by atoms with Gasteiger partial charge < -0.3 is 29.2 Å². The summed E-state index contributed by atoms with van der Waals surface area (Å²) in [6.07, 6.45) is 4.07. The van der Waals surface area contributed by atoms with Gasteiger partial charge in [0.15, 0.2) is 11.6 Å². The van der Waals surface area contributed by atoms with Crippen molar-refractivity contribution in [2.24, 2.45) is 39.9 Å². The Labute approximate surface area is 307 Å². The first-order valence-electron chi connectivity index (χ1n) is 18.9. The van der Waals surface area contributed by atoms with Gasteiger partial charge in [0.05, 0.1) is 23.0 Å².